The molecule has 1 N–H and O–H groups in total. The van der Waals surface area contributed by atoms with E-state index in [9.17, 15) is 9.18 Å². The first kappa shape index (κ1) is 18.4. The van der Waals surface area contributed by atoms with Crippen molar-refractivity contribution in [3.63, 3.8) is 0 Å². The summed E-state index contributed by atoms with van der Waals surface area (Å²) in [4.78, 5) is 17.3. The number of benzene rings is 2. The van der Waals surface area contributed by atoms with E-state index in [4.69, 9.17) is 4.74 Å². The van der Waals surface area contributed by atoms with E-state index in [2.05, 4.69) is 10.3 Å². The van der Waals surface area contributed by atoms with Crippen molar-refractivity contribution in [3.05, 3.63) is 96.2 Å². The maximum absolute atomic E-state index is 13.6. The molecule has 30 heavy (non-hydrogen) atoms. The Balaban J connectivity index is 1.22. The van der Waals surface area contributed by atoms with Crippen LogP contribution < -0.4 is 10.1 Å². The summed E-state index contributed by atoms with van der Waals surface area (Å²) in [6, 6.07) is 19.4. The average molecular weight is 401 g/mol. The summed E-state index contributed by atoms with van der Waals surface area (Å²) in [7, 11) is 0. The van der Waals surface area contributed by atoms with Crippen LogP contribution in [0.3, 0.4) is 0 Å². The summed E-state index contributed by atoms with van der Waals surface area (Å²) in [5.41, 5.74) is 2.50. The third kappa shape index (κ3) is 3.52. The topological polar surface area (TPSA) is 55.6 Å². The Labute approximate surface area is 173 Å². The van der Waals surface area contributed by atoms with Crippen molar-refractivity contribution in [2.45, 2.75) is 24.9 Å². The van der Waals surface area contributed by atoms with Gasteiger partial charge in [-0.05, 0) is 66.9 Å². The fourth-order valence-electron chi connectivity index (χ4n) is 3.66. The molecule has 150 valence electrons. The molecule has 4 aromatic rings. The summed E-state index contributed by atoms with van der Waals surface area (Å²) in [6.45, 7) is 0.357. The first-order valence-electron chi connectivity index (χ1n) is 9.85. The van der Waals surface area contributed by atoms with Crippen LogP contribution >= 0.6 is 0 Å². The number of nitrogens with zero attached hydrogens (tertiary/aromatic N) is 2. The smallest absolute Gasteiger partial charge is 0.235 e. The third-order valence-electron chi connectivity index (χ3n) is 5.47. The summed E-state index contributed by atoms with van der Waals surface area (Å²) in [6.07, 6.45) is 5.33. The number of imidazole rings is 1. The molecule has 1 aliphatic rings. The molecule has 0 atom stereocenters. The number of pyridine rings is 1. The van der Waals surface area contributed by atoms with Crippen LogP contribution in [0.1, 0.15) is 24.1 Å². The zero-order valence-electron chi connectivity index (χ0n) is 16.2. The third-order valence-corrected chi connectivity index (χ3v) is 5.47. The molecular weight excluding hydrogens is 381 g/mol. The standard InChI is InChI=1S/C24H20FN3O2/c25-18-5-3-4-17(14-18)24(11-12-24)23(29)27-19-7-9-21(10-8-19)30-16-20-15-28-13-2-1-6-22(28)26-20/h1-10,13-15H,11-12,16H2,(H,27,29). The van der Waals surface area contributed by atoms with Crippen LogP contribution in [0.4, 0.5) is 10.1 Å². The van der Waals surface area contributed by atoms with Crippen molar-refractivity contribution >= 4 is 17.2 Å². The molecule has 1 fully saturated rings. The number of amides is 1. The second kappa shape index (κ2) is 7.30. The Morgan fingerprint density at radius 3 is 2.67 bits per heavy atom. The lowest BCUT2D eigenvalue weighted by Gasteiger charge is -2.16. The van der Waals surface area contributed by atoms with Gasteiger partial charge in [0.15, 0.2) is 0 Å². The number of rotatable bonds is 6. The molecule has 0 radical (unpaired) electrons. The van der Waals surface area contributed by atoms with Gasteiger partial charge in [0, 0.05) is 18.1 Å². The molecule has 0 unspecified atom stereocenters. The Morgan fingerprint density at radius 1 is 1.10 bits per heavy atom. The van der Waals surface area contributed by atoms with Crippen LogP contribution in [0, 0.1) is 5.82 Å². The first-order valence-corrected chi connectivity index (χ1v) is 9.85. The van der Waals surface area contributed by atoms with Gasteiger partial charge in [0.1, 0.15) is 23.8 Å². The molecule has 0 bridgehead atoms. The summed E-state index contributed by atoms with van der Waals surface area (Å²) < 4.78 is 21.3. The van der Waals surface area contributed by atoms with Crippen LogP contribution in [-0.2, 0) is 16.8 Å². The molecule has 2 aromatic heterocycles. The maximum atomic E-state index is 13.6. The first-order chi connectivity index (χ1) is 14.6. The monoisotopic (exact) mass is 401 g/mol. The fourth-order valence-corrected chi connectivity index (χ4v) is 3.66. The number of aromatic nitrogens is 2. The molecule has 2 aromatic carbocycles. The fraction of sp³-hybridized carbons (Fsp3) is 0.167. The number of nitrogens with one attached hydrogen (secondary N) is 1. The molecule has 2 heterocycles. The number of carbonyl (C=O) groups is 1. The number of ether oxygens (including phenoxy) is 1. The highest BCUT2D eigenvalue weighted by Gasteiger charge is 2.51. The average Bonchev–Trinajstić information content (AvgIpc) is 3.47. The Kier molecular flexibility index (Phi) is 4.47. The van der Waals surface area contributed by atoms with E-state index in [-0.39, 0.29) is 11.7 Å². The SMILES string of the molecule is O=C(Nc1ccc(OCc2cn3ccccc3n2)cc1)C1(c2cccc(F)c2)CC1. The van der Waals surface area contributed by atoms with Gasteiger partial charge in [-0.25, -0.2) is 9.37 Å². The largest absolute Gasteiger partial charge is 0.487 e. The van der Waals surface area contributed by atoms with Crippen molar-refractivity contribution in [2.75, 3.05) is 5.32 Å². The quantitative estimate of drug-likeness (QED) is 0.509. The molecule has 1 amide bonds. The second-order valence-corrected chi connectivity index (χ2v) is 7.56. The molecule has 0 saturated heterocycles. The van der Waals surface area contributed by atoms with Crippen LogP contribution in [0.15, 0.2) is 79.1 Å². The van der Waals surface area contributed by atoms with Crippen molar-refractivity contribution in [1.82, 2.24) is 9.38 Å². The van der Waals surface area contributed by atoms with Crippen molar-refractivity contribution in [1.29, 1.82) is 0 Å². The highest BCUT2D eigenvalue weighted by atomic mass is 19.1. The number of anilines is 1. The highest BCUT2D eigenvalue weighted by molar-refractivity contribution is 6.01. The number of hydrogen-bond acceptors (Lipinski definition) is 3. The van der Waals surface area contributed by atoms with Crippen LogP contribution in [0.2, 0.25) is 0 Å². The van der Waals surface area contributed by atoms with Gasteiger partial charge in [-0.15, -0.1) is 0 Å². The molecule has 1 aliphatic carbocycles. The van der Waals surface area contributed by atoms with Gasteiger partial charge in [0.05, 0.1) is 11.1 Å². The predicted molar refractivity (Wildman–Crippen MR) is 112 cm³/mol. The van der Waals surface area contributed by atoms with E-state index >= 15 is 0 Å². The molecule has 1 saturated carbocycles. The summed E-state index contributed by atoms with van der Waals surface area (Å²) in [5, 5.41) is 2.95. The van der Waals surface area contributed by atoms with E-state index in [1.54, 1.807) is 18.2 Å². The summed E-state index contributed by atoms with van der Waals surface area (Å²) in [5.74, 6) is 0.265. The van der Waals surface area contributed by atoms with Gasteiger partial charge in [0.2, 0.25) is 5.91 Å². The Morgan fingerprint density at radius 2 is 1.93 bits per heavy atom. The Hall–Kier alpha value is -3.67. The van der Waals surface area contributed by atoms with E-state index in [1.165, 1.54) is 12.1 Å². The highest BCUT2D eigenvalue weighted by Crippen LogP contribution is 2.49. The molecule has 5 rings (SSSR count). The number of carbonyl (C=O) groups excluding carboxylic acids is 1. The van der Waals surface area contributed by atoms with Crippen LogP contribution in [0.5, 0.6) is 5.75 Å². The minimum absolute atomic E-state index is 0.105. The van der Waals surface area contributed by atoms with Crippen LogP contribution in [0.25, 0.3) is 5.65 Å². The minimum Gasteiger partial charge on any atom is -0.487 e. The van der Waals surface area contributed by atoms with E-state index in [1.807, 2.05) is 53.2 Å². The lowest BCUT2D eigenvalue weighted by molar-refractivity contribution is -0.118. The zero-order chi connectivity index (χ0) is 20.6. The van der Waals surface area contributed by atoms with Crippen molar-refractivity contribution < 1.29 is 13.9 Å². The normalized spacial score (nSPS) is 14.4. The lowest BCUT2D eigenvalue weighted by atomic mass is 9.95. The van der Waals surface area contributed by atoms with E-state index in [0.29, 0.717) is 18.0 Å². The molecule has 0 aliphatic heterocycles. The van der Waals surface area contributed by atoms with E-state index in [0.717, 1.165) is 29.7 Å². The Bertz CT molecular complexity index is 1180. The van der Waals surface area contributed by atoms with Gasteiger partial charge in [-0.2, -0.15) is 0 Å². The summed E-state index contributed by atoms with van der Waals surface area (Å²) >= 11 is 0. The van der Waals surface area contributed by atoms with E-state index < -0.39 is 5.41 Å². The van der Waals surface area contributed by atoms with Crippen molar-refractivity contribution in [3.8, 4) is 5.75 Å². The maximum Gasteiger partial charge on any atom is 0.235 e. The minimum atomic E-state index is -0.625. The molecule has 6 heteroatoms. The lowest BCUT2D eigenvalue weighted by Crippen LogP contribution is -2.27. The van der Waals surface area contributed by atoms with Gasteiger partial charge >= 0.3 is 0 Å². The van der Waals surface area contributed by atoms with Gasteiger partial charge in [-0.1, -0.05) is 18.2 Å². The second-order valence-electron chi connectivity index (χ2n) is 7.56. The van der Waals surface area contributed by atoms with Crippen LogP contribution in [-0.4, -0.2) is 15.3 Å². The zero-order valence-corrected chi connectivity index (χ0v) is 16.2. The van der Waals surface area contributed by atoms with Gasteiger partial charge in [0.25, 0.3) is 0 Å². The molecule has 0 spiro atoms. The number of hydrogen-bond donors (Lipinski definition) is 1. The molecule has 5 nitrogen and oxygen atoms in total. The number of halogens is 1. The number of fused-ring (bicyclic) bond motifs is 1. The van der Waals surface area contributed by atoms with Gasteiger partial charge in [-0.3, -0.25) is 4.79 Å². The van der Waals surface area contributed by atoms with Crippen molar-refractivity contribution in [2.24, 2.45) is 0 Å². The molecular formula is C24H20FN3O2. The predicted octanol–water partition coefficient (Wildman–Crippen LogP) is 4.72. The van der Waals surface area contributed by atoms with Gasteiger partial charge < -0.3 is 14.5 Å².